The number of hydrogen-bond acceptors (Lipinski definition) is 3. The molecule has 1 N–H and O–H groups in total. The van der Waals surface area contributed by atoms with E-state index in [1.807, 2.05) is 6.07 Å². The highest BCUT2D eigenvalue weighted by Crippen LogP contribution is 2.33. The number of nitrogens with zero attached hydrogens (tertiary/aromatic N) is 1. The molecule has 0 amide bonds. The molecule has 2 rings (SSSR count). The molecule has 1 heterocycles. The van der Waals surface area contributed by atoms with Crippen molar-refractivity contribution in [3.63, 3.8) is 0 Å². The number of methoxy groups -OCH3 is 1. The van der Waals surface area contributed by atoms with Gasteiger partial charge in [-0.15, -0.1) is 0 Å². The van der Waals surface area contributed by atoms with E-state index in [1.54, 1.807) is 7.11 Å². The summed E-state index contributed by atoms with van der Waals surface area (Å²) in [6.45, 7) is 6.62. The summed E-state index contributed by atoms with van der Waals surface area (Å²) in [5, 5.41) is 3.46. The first-order valence-electron chi connectivity index (χ1n) is 5.91. The lowest BCUT2D eigenvalue weighted by molar-refractivity contribution is 0.415. The van der Waals surface area contributed by atoms with Gasteiger partial charge in [0.25, 0.3) is 0 Å². The van der Waals surface area contributed by atoms with Crippen LogP contribution in [0.5, 0.6) is 5.75 Å². The van der Waals surface area contributed by atoms with Gasteiger partial charge in [0.15, 0.2) is 0 Å². The predicted molar refractivity (Wildman–Crippen MR) is 68.6 cm³/mol. The number of hydrogen-bond donors (Lipinski definition) is 1. The van der Waals surface area contributed by atoms with Gasteiger partial charge < -0.3 is 15.0 Å². The largest absolute Gasteiger partial charge is 0.497 e. The maximum Gasteiger partial charge on any atom is 0.121 e. The second kappa shape index (κ2) is 4.64. The molecule has 3 nitrogen and oxygen atoms in total. The van der Waals surface area contributed by atoms with E-state index in [0.29, 0.717) is 6.04 Å². The van der Waals surface area contributed by atoms with E-state index in [4.69, 9.17) is 4.74 Å². The molecule has 0 bridgehead atoms. The lowest BCUT2D eigenvalue weighted by Gasteiger charge is -2.28. The van der Waals surface area contributed by atoms with Crippen LogP contribution < -0.4 is 15.0 Å². The lowest BCUT2D eigenvalue weighted by Crippen LogP contribution is -2.31. The SMILES string of the molecule is COc1ccc2c(c1)NCCCN2C(C)C. The van der Waals surface area contributed by atoms with E-state index in [1.165, 1.54) is 17.8 Å². The standard InChI is InChI=1S/C13H20N2O/c1-10(2)15-8-4-7-14-12-9-11(16-3)5-6-13(12)15/h5-6,9-10,14H,4,7-8H2,1-3H3. The van der Waals surface area contributed by atoms with E-state index < -0.39 is 0 Å². The van der Waals surface area contributed by atoms with E-state index in [2.05, 4.69) is 36.2 Å². The first-order chi connectivity index (χ1) is 7.72. The first-order valence-corrected chi connectivity index (χ1v) is 5.91. The lowest BCUT2D eigenvalue weighted by atomic mass is 10.2. The molecule has 1 aliphatic heterocycles. The monoisotopic (exact) mass is 220 g/mol. The Hall–Kier alpha value is -1.38. The highest BCUT2D eigenvalue weighted by Gasteiger charge is 2.17. The topological polar surface area (TPSA) is 24.5 Å². The average molecular weight is 220 g/mol. The van der Waals surface area contributed by atoms with Crippen LogP contribution in [-0.4, -0.2) is 26.2 Å². The van der Waals surface area contributed by atoms with Crippen LogP contribution in [0.3, 0.4) is 0 Å². The van der Waals surface area contributed by atoms with Crippen molar-refractivity contribution < 1.29 is 4.74 Å². The number of ether oxygens (including phenoxy) is 1. The Balaban J connectivity index is 2.38. The minimum absolute atomic E-state index is 0.534. The molecule has 1 aromatic rings. The molecule has 0 atom stereocenters. The zero-order valence-electron chi connectivity index (χ0n) is 10.3. The third-order valence-electron chi connectivity index (χ3n) is 3.03. The fourth-order valence-electron chi connectivity index (χ4n) is 2.16. The van der Waals surface area contributed by atoms with E-state index >= 15 is 0 Å². The molecule has 16 heavy (non-hydrogen) atoms. The molecular weight excluding hydrogens is 200 g/mol. The molecule has 3 heteroatoms. The maximum absolute atomic E-state index is 5.26. The summed E-state index contributed by atoms with van der Waals surface area (Å²) < 4.78 is 5.26. The second-order valence-corrected chi connectivity index (χ2v) is 4.45. The average Bonchev–Trinajstić information content (AvgIpc) is 2.49. The molecule has 0 saturated carbocycles. The minimum Gasteiger partial charge on any atom is -0.497 e. The Kier molecular flexibility index (Phi) is 3.22. The van der Waals surface area contributed by atoms with Gasteiger partial charge in [-0.1, -0.05) is 0 Å². The molecule has 0 radical (unpaired) electrons. The number of fused-ring (bicyclic) bond motifs is 1. The van der Waals surface area contributed by atoms with E-state index in [9.17, 15) is 0 Å². The summed E-state index contributed by atoms with van der Waals surface area (Å²) in [5.41, 5.74) is 2.47. The predicted octanol–water partition coefficient (Wildman–Crippen LogP) is 2.73. The van der Waals surface area contributed by atoms with Gasteiger partial charge in [-0.05, 0) is 32.4 Å². The Morgan fingerprint density at radius 1 is 1.38 bits per heavy atom. The van der Waals surface area contributed by atoms with Crippen molar-refractivity contribution in [2.24, 2.45) is 0 Å². The van der Waals surface area contributed by atoms with Crippen molar-refractivity contribution in [2.45, 2.75) is 26.3 Å². The summed E-state index contributed by atoms with van der Waals surface area (Å²) in [6, 6.07) is 6.79. The highest BCUT2D eigenvalue weighted by molar-refractivity contribution is 5.73. The van der Waals surface area contributed by atoms with Crippen molar-refractivity contribution in [1.29, 1.82) is 0 Å². The Labute approximate surface area is 97.4 Å². The molecule has 1 aliphatic rings. The molecule has 0 unspecified atom stereocenters. The van der Waals surface area contributed by atoms with Gasteiger partial charge in [0.05, 0.1) is 18.5 Å². The smallest absolute Gasteiger partial charge is 0.121 e. The molecule has 1 aromatic carbocycles. The van der Waals surface area contributed by atoms with Crippen LogP contribution in [0.1, 0.15) is 20.3 Å². The van der Waals surface area contributed by atoms with Crippen LogP contribution in [0.15, 0.2) is 18.2 Å². The number of anilines is 2. The van der Waals surface area contributed by atoms with Crippen LogP contribution in [0, 0.1) is 0 Å². The third kappa shape index (κ3) is 2.08. The van der Waals surface area contributed by atoms with Gasteiger partial charge in [0.1, 0.15) is 5.75 Å². The first kappa shape index (κ1) is 11.1. The van der Waals surface area contributed by atoms with Crippen molar-refractivity contribution >= 4 is 11.4 Å². The van der Waals surface area contributed by atoms with E-state index in [-0.39, 0.29) is 0 Å². The summed E-state index contributed by atoms with van der Waals surface area (Å²) >= 11 is 0. The van der Waals surface area contributed by atoms with Gasteiger partial charge in [0.2, 0.25) is 0 Å². The number of nitrogens with one attached hydrogen (secondary N) is 1. The molecule has 0 saturated heterocycles. The zero-order chi connectivity index (χ0) is 11.5. The second-order valence-electron chi connectivity index (χ2n) is 4.45. The quantitative estimate of drug-likeness (QED) is 0.829. The van der Waals surface area contributed by atoms with Crippen molar-refractivity contribution in [3.8, 4) is 5.75 Å². The van der Waals surface area contributed by atoms with Crippen molar-refractivity contribution in [2.75, 3.05) is 30.4 Å². The number of benzene rings is 1. The van der Waals surface area contributed by atoms with Crippen molar-refractivity contribution in [1.82, 2.24) is 0 Å². The fourth-order valence-corrected chi connectivity index (χ4v) is 2.16. The van der Waals surface area contributed by atoms with Crippen LogP contribution in [-0.2, 0) is 0 Å². The Morgan fingerprint density at radius 3 is 2.88 bits per heavy atom. The fraction of sp³-hybridized carbons (Fsp3) is 0.538. The normalized spacial score (nSPS) is 15.4. The third-order valence-corrected chi connectivity index (χ3v) is 3.03. The molecule has 0 aliphatic carbocycles. The van der Waals surface area contributed by atoms with Gasteiger partial charge in [-0.2, -0.15) is 0 Å². The highest BCUT2D eigenvalue weighted by atomic mass is 16.5. The molecule has 0 fully saturated rings. The Morgan fingerprint density at radius 2 is 2.19 bits per heavy atom. The van der Waals surface area contributed by atoms with Crippen LogP contribution >= 0.6 is 0 Å². The van der Waals surface area contributed by atoms with Crippen LogP contribution in [0.2, 0.25) is 0 Å². The maximum atomic E-state index is 5.26. The van der Waals surface area contributed by atoms with Gasteiger partial charge in [-0.25, -0.2) is 0 Å². The van der Waals surface area contributed by atoms with Crippen molar-refractivity contribution in [3.05, 3.63) is 18.2 Å². The summed E-state index contributed by atoms with van der Waals surface area (Å²) in [6.07, 6.45) is 1.18. The van der Waals surface area contributed by atoms with Gasteiger partial charge >= 0.3 is 0 Å². The van der Waals surface area contributed by atoms with Gasteiger partial charge in [-0.3, -0.25) is 0 Å². The number of rotatable bonds is 2. The van der Waals surface area contributed by atoms with E-state index in [0.717, 1.165) is 18.8 Å². The summed E-state index contributed by atoms with van der Waals surface area (Å²) in [5.74, 6) is 0.914. The molecule has 0 aromatic heterocycles. The zero-order valence-corrected chi connectivity index (χ0v) is 10.3. The summed E-state index contributed by atoms with van der Waals surface area (Å²) in [7, 11) is 1.71. The van der Waals surface area contributed by atoms with Crippen LogP contribution in [0.4, 0.5) is 11.4 Å². The molecule has 0 spiro atoms. The minimum atomic E-state index is 0.534. The molecular formula is C13H20N2O. The molecule has 88 valence electrons. The van der Waals surface area contributed by atoms with Crippen LogP contribution in [0.25, 0.3) is 0 Å². The van der Waals surface area contributed by atoms with Gasteiger partial charge in [0, 0.05) is 25.2 Å². The Bertz CT molecular complexity index is 363. The summed E-state index contributed by atoms with van der Waals surface area (Å²) in [4.78, 5) is 2.44.